The third-order valence-corrected chi connectivity index (χ3v) is 4.51. The van der Waals surface area contributed by atoms with Gasteiger partial charge in [-0.05, 0) is 35.4 Å². The first-order valence-corrected chi connectivity index (χ1v) is 8.02. The molecule has 1 unspecified atom stereocenters. The van der Waals surface area contributed by atoms with Crippen molar-refractivity contribution in [3.63, 3.8) is 0 Å². The molecule has 0 fully saturated rings. The van der Waals surface area contributed by atoms with Gasteiger partial charge in [0.1, 0.15) is 0 Å². The molecule has 0 bridgehead atoms. The lowest BCUT2D eigenvalue weighted by Gasteiger charge is -2.29. The van der Waals surface area contributed by atoms with E-state index in [0.717, 1.165) is 6.42 Å². The third-order valence-electron chi connectivity index (χ3n) is 4.51. The van der Waals surface area contributed by atoms with Gasteiger partial charge in [0.25, 0.3) is 0 Å². The van der Waals surface area contributed by atoms with Crippen molar-refractivity contribution in [3.05, 3.63) is 70.8 Å². The Kier molecular flexibility index (Phi) is 4.77. The first-order chi connectivity index (χ1) is 10.2. The molecule has 118 valence electrons. The summed E-state index contributed by atoms with van der Waals surface area (Å²) < 4.78 is 0. The van der Waals surface area contributed by atoms with Gasteiger partial charge in [-0.1, -0.05) is 81.8 Å². The quantitative estimate of drug-likeness (QED) is 0.860. The lowest BCUT2D eigenvalue weighted by atomic mass is 9.77. The smallest absolute Gasteiger partial charge is 0.0528 e. The van der Waals surface area contributed by atoms with Gasteiger partial charge in [0.05, 0.1) is 6.61 Å². The summed E-state index contributed by atoms with van der Waals surface area (Å²) in [4.78, 5) is 0. The molecule has 0 heterocycles. The Balaban J connectivity index is 2.24. The molecule has 0 saturated heterocycles. The maximum Gasteiger partial charge on any atom is 0.0528 e. The number of benzene rings is 2. The second-order valence-electron chi connectivity index (χ2n) is 7.71. The molecule has 0 aliphatic carbocycles. The van der Waals surface area contributed by atoms with E-state index in [1.165, 1.54) is 22.3 Å². The third kappa shape index (κ3) is 3.78. The van der Waals surface area contributed by atoms with Gasteiger partial charge in [-0.2, -0.15) is 0 Å². The summed E-state index contributed by atoms with van der Waals surface area (Å²) in [5.74, 6) is 0. The van der Waals surface area contributed by atoms with Gasteiger partial charge in [-0.25, -0.2) is 0 Å². The maximum absolute atomic E-state index is 9.95. The van der Waals surface area contributed by atoms with Gasteiger partial charge >= 0.3 is 0 Å². The summed E-state index contributed by atoms with van der Waals surface area (Å²) in [7, 11) is 0. The van der Waals surface area contributed by atoms with E-state index in [4.69, 9.17) is 0 Å². The normalized spacial score (nSPS) is 14.6. The van der Waals surface area contributed by atoms with Crippen LogP contribution in [0.25, 0.3) is 0 Å². The van der Waals surface area contributed by atoms with Crippen molar-refractivity contribution in [2.75, 3.05) is 6.61 Å². The molecule has 0 aliphatic heterocycles. The molecule has 0 aliphatic rings. The predicted octanol–water partition coefficient (Wildman–Crippen LogP) is 4.79. The zero-order chi connectivity index (χ0) is 16.4. The van der Waals surface area contributed by atoms with E-state index in [9.17, 15) is 5.11 Å². The molecule has 2 aromatic rings. The highest BCUT2D eigenvalue weighted by molar-refractivity contribution is 5.33. The highest BCUT2D eigenvalue weighted by Gasteiger charge is 2.26. The highest BCUT2D eigenvalue weighted by atomic mass is 16.3. The standard InChI is InChI=1S/C21H28O/c1-16-6-10-19(11-7-16)21(5,15-22)14-17-8-12-18(13-9-17)20(2,3)4/h6-13,22H,14-15H2,1-5H3. The molecule has 0 aromatic heterocycles. The summed E-state index contributed by atoms with van der Waals surface area (Å²) >= 11 is 0. The molecule has 0 saturated carbocycles. The van der Waals surface area contributed by atoms with E-state index < -0.39 is 0 Å². The number of aliphatic hydroxyl groups is 1. The van der Waals surface area contributed by atoms with Gasteiger partial charge < -0.3 is 5.11 Å². The van der Waals surface area contributed by atoms with Crippen LogP contribution in [-0.2, 0) is 17.3 Å². The minimum absolute atomic E-state index is 0.150. The van der Waals surface area contributed by atoms with Crippen LogP contribution >= 0.6 is 0 Å². The minimum atomic E-state index is -0.239. The molecule has 0 spiro atoms. The van der Waals surface area contributed by atoms with Crippen LogP contribution in [0.2, 0.25) is 0 Å². The molecular formula is C21H28O. The van der Waals surface area contributed by atoms with Crippen molar-refractivity contribution in [1.82, 2.24) is 0 Å². The van der Waals surface area contributed by atoms with Crippen LogP contribution in [0.5, 0.6) is 0 Å². The van der Waals surface area contributed by atoms with Gasteiger partial charge in [-0.15, -0.1) is 0 Å². The van der Waals surface area contributed by atoms with Crippen molar-refractivity contribution >= 4 is 0 Å². The van der Waals surface area contributed by atoms with Crippen molar-refractivity contribution in [1.29, 1.82) is 0 Å². The van der Waals surface area contributed by atoms with Crippen LogP contribution in [0.1, 0.15) is 49.9 Å². The summed E-state index contributed by atoms with van der Waals surface area (Å²) in [6, 6.07) is 17.3. The van der Waals surface area contributed by atoms with Crippen LogP contribution in [0, 0.1) is 6.92 Å². The monoisotopic (exact) mass is 296 g/mol. The predicted molar refractivity (Wildman–Crippen MR) is 94.5 cm³/mol. The Morgan fingerprint density at radius 3 is 1.73 bits per heavy atom. The van der Waals surface area contributed by atoms with Crippen LogP contribution < -0.4 is 0 Å². The number of aryl methyl sites for hydroxylation is 1. The zero-order valence-electron chi connectivity index (χ0n) is 14.5. The number of aliphatic hydroxyl groups excluding tert-OH is 1. The second kappa shape index (κ2) is 6.26. The zero-order valence-corrected chi connectivity index (χ0v) is 14.5. The SMILES string of the molecule is Cc1ccc(C(C)(CO)Cc2ccc(C(C)(C)C)cc2)cc1. The first kappa shape index (κ1) is 16.8. The fourth-order valence-electron chi connectivity index (χ4n) is 2.78. The fourth-order valence-corrected chi connectivity index (χ4v) is 2.78. The summed E-state index contributed by atoms with van der Waals surface area (Å²) in [5.41, 5.74) is 4.99. The molecule has 1 heteroatoms. The Morgan fingerprint density at radius 1 is 0.773 bits per heavy atom. The molecule has 2 rings (SSSR count). The van der Waals surface area contributed by atoms with Crippen molar-refractivity contribution < 1.29 is 5.11 Å². The molecule has 0 radical (unpaired) electrons. The van der Waals surface area contributed by atoms with Crippen molar-refractivity contribution in [3.8, 4) is 0 Å². The van der Waals surface area contributed by atoms with Crippen molar-refractivity contribution in [2.45, 2.75) is 51.9 Å². The van der Waals surface area contributed by atoms with Crippen LogP contribution in [0.3, 0.4) is 0 Å². The topological polar surface area (TPSA) is 20.2 Å². The Morgan fingerprint density at radius 2 is 1.27 bits per heavy atom. The largest absolute Gasteiger partial charge is 0.395 e. The second-order valence-corrected chi connectivity index (χ2v) is 7.71. The van der Waals surface area contributed by atoms with Gasteiger partial charge in [0.2, 0.25) is 0 Å². The van der Waals surface area contributed by atoms with E-state index in [-0.39, 0.29) is 17.4 Å². The molecule has 22 heavy (non-hydrogen) atoms. The van der Waals surface area contributed by atoms with Gasteiger partial charge in [0.15, 0.2) is 0 Å². The lowest BCUT2D eigenvalue weighted by Crippen LogP contribution is -2.29. The fraction of sp³-hybridized carbons (Fsp3) is 0.429. The van der Waals surface area contributed by atoms with Gasteiger partial charge in [-0.3, -0.25) is 0 Å². The van der Waals surface area contributed by atoms with Crippen LogP contribution in [0.15, 0.2) is 48.5 Å². The molecule has 1 N–H and O–H groups in total. The average Bonchev–Trinajstić information content (AvgIpc) is 2.47. The molecular weight excluding hydrogens is 268 g/mol. The summed E-state index contributed by atoms with van der Waals surface area (Å²) in [6.45, 7) is 11.1. The van der Waals surface area contributed by atoms with E-state index in [0.29, 0.717) is 0 Å². The number of hydrogen-bond donors (Lipinski definition) is 1. The maximum atomic E-state index is 9.95. The van der Waals surface area contributed by atoms with Crippen molar-refractivity contribution in [2.24, 2.45) is 0 Å². The van der Waals surface area contributed by atoms with Crippen LogP contribution in [-0.4, -0.2) is 11.7 Å². The summed E-state index contributed by atoms with van der Waals surface area (Å²) in [6.07, 6.45) is 0.844. The first-order valence-electron chi connectivity index (χ1n) is 8.02. The molecule has 0 amide bonds. The Hall–Kier alpha value is -1.60. The van der Waals surface area contributed by atoms with E-state index in [2.05, 4.69) is 83.1 Å². The number of rotatable bonds is 4. The molecule has 2 aromatic carbocycles. The van der Waals surface area contributed by atoms with Gasteiger partial charge in [0, 0.05) is 5.41 Å². The van der Waals surface area contributed by atoms with E-state index in [1.807, 2.05) is 0 Å². The van der Waals surface area contributed by atoms with E-state index in [1.54, 1.807) is 0 Å². The Labute approximate surface area is 135 Å². The summed E-state index contributed by atoms with van der Waals surface area (Å²) in [5, 5.41) is 9.95. The Bertz CT molecular complexity index is 602. The lowest BCUT2D eigenvalue weighted by molar-refractivity contribution is 0.204. The number of hydrogen-bond acceptors (Lipinski definition) is 1. The highest BCUT2D eigenvalue weighted by Crippen LogP contribution is 2.29. The average molecular weight is 296 g/mol. The molecule has 1 atom stereocenters. The minimum Gasteiger partial charge on any atom is -0.395 e. The van der Waals surface area contributed by atoms with E-state index >= 15 is 0 Å². The van der Waals surface area contributed by atoms with Crippen LogP contribution in [0.4, 0.5) is 0 Å². The molecule has 1 nitrogen and oxygen atoms in total.